The van der Waals surface area contributed by atoms with Crippen LogP contribution in [0.1, 0.15) is 48.5 Å². The van der Waals surface area contributed by atoms with E-state index in [1.165, 1.54) is 19.1 Å². The maximum atomic E-state index is 12.0. The van der Waals surface area contributed by atoms with Crippen LogP contribution in [0.15, 0.2) is 254 Å². The summed E-state index contributed by atoms with van der Waals surface area (Å²) in [5.74, 6) is -2.18. The van der Waals surface area contributed by atoms with E-state index in [9.17, 15) is 39.6 Å². The third-order valence-electron chi connectivity index (χ3n) is 16.5. The van der Waals surface area contributed by atoms with Crippen LogP contribution in [0.5, 0.6) is 0 Å². The topological polar surface area (TPSA) is 560 Å². The van der Waals surface area contributed by atoms with Crippen LogP contribution < -0.4 is 101 Å². The summed E-state index contributed by atoms with van der Waals surface area (Å²) in [5, 5.41) is 39.5. The van der Waals surface area contributed by atoms with Crippen LogP contribution in [0.3, 0.4) is 0 Å². The van der Waals surface area contributed by atoms with Crippen LogP contribution in [0, 0.1) is 0 Å². The number of nitrogens with two attached hydrogens (primary N) is 8. The number of likely N-dealkylation sites (N-methyl/N-ethyl adjacent to an activating group) is 2. The summed E-state index contributed by atoms with van der Waals surface area (Å²) in [6.45, 7) is 20.9. The summed E-state index contributed by atoms with van der Waals surface area (Å²) < 4.78 is 89.0. The Morgan fingerprint density at radius 2 is 0.632 bits per heavy atom. The zero-order valence-corrected chi connectivity index (χ0v) is 77.0. The van der Waals surface area contributed by atoms with E-state index >= 15 is 0 Å². The van der Waals surface area contributed by atoms with Crippen molar-refractivity contribution in [1.29, 1.82) is 0 Å². The van der Waals surface area contributed by atoms with Crippen molar-refractivity contribution in [3.8, 4) is 0 Å². The summed E-state index contributed by atoms with van der Waals surface area (Å²) in [6.07, 6.45) is 1.15. The first-order chi connectivity index (χ1) is 58.1. The number of para-hydroxylation sites is 18. The van der Waals surface area contributed by atoms with Crippen molar-refractivity contribution in [1.82, 2.24) is 4.72 Å². The molecule has 0 saturated carbocycles. The Balaban J connectivity index is 0. The highest BCUT2D eigenvalue weighted by atomic mass is 35.5. The number of carboxylic acid groups (broad SMARTS) is 2. The smallest absolute Gasteiger partial charge is 0.322 e. The quantitative estimate of drug-likeness (QED) is 0.0137. The number of halogens is 3. The van der Waals surface area contributed by atoms with Gasteiger partial charge in [-0.15, -0.1) is 37.2 Å². The Morgan fingerprint density at radius 3 is 0.928 bits per heavy atom. The van der Waals surface area contributed by atoms with Crippen LogP contribution >= 0.6 is 37.2 Å². The lowest BCUT2D eigenvalue weighted by molar-refractivity contribution is -0.136. The molecule has 10 rings (SSSR count). The Bertz CT molecular complexity index is 4770. The molecule has 0 aliphatic rings. The summed E-state index contributed by atoms with van der Waals surface area (Å²) in [5.41, 5.74) is 57.8. The second kappa shape index (κ2) is 64.8. The van der Waals surface area contributed by atoms with Gasteiger partial charge in [-0.05, 0) is 163 Å². The van der Waals surface area contributed by atoms with Crippen molar-refractivity contribution in [2.75, 3.05) is 193 Å². The molecule has 688 valence electrons. The zero-order chi connectivity index (χ0) is 91.0. The molecule has 0 bridgehead atoms. The maximum Gasteiger partial charge on any atom is 0.322 e. The summed E-state index contributed by atoms with van der Waals surface area (Å²) in [4.78, 5) is 40.5. The average molecular weight is 1870 g/mol. The molecule has 33 nitrogen and oxygen atoms in total. The second-order valence-electron chi connectivity index (χ2n) is 25.4. The van der Waals surface area contributed by atoms with Crippen LogP contribution in [-0.2, 0) is 56.6 Å². The van der Waals surface area contributed by atoms with E-state index in [-0.39, 0.29) is 79.5 Å². The fourth-order valence-corrected chi connectivity index (χ4v) is 12.6. The van der Waals surface area contributed by atoms with Crippen molar-refractivity contribution < 1.29 is 64.1 Å². The molecule has 2 unspecified atom stereocenters. The number of anilines is 18. The predicted octanol–water partition coefficient (Wildman–Crippen LogP) is 12.9. The van der Waals surface area contributed by atoms with Crippen molar-refractivity contribution in [2.24, 2.45) is 0 Å². The minimum atomic E-state index is -3.57. The Morgan fingerprint density at radius 1 is 0.360 bits per heavy atom. The van der Waals surface area contributed by atoms with Gasteiger partial charge < -0.3 is 116 Å². The Kier molecular flexibility index (Phi) is 59.7. The van der Waals surface area contributed by atoms with Gasteiger partial charge in [0.25, 0.3) is 10.0 Å². The van der Waals surface area contributed by atoms with E-state index < -0.39 is 54.1 Å². The molecular formula is C85H124Cl3N19O14S4. The third-order valence-corrected chi connectivity index (χ3v) is 19.4. The lowest BCUT2D eigenvalue weighted by Crippen LogP contribution is -2.34. The molecule has 28 N–H and O–H groups in total. The first-order valence-electron chi connectivity index (χ1n) is 38.4. The van der Waals surface area contributed by atoms with E-state index in [0.29, 0.717) is 82.2 Å². The Hall–Kier alpha value is -11.9. The molecule has 125 heavy (non-hydrogen) atoms. The van der Waals surface area contributed by atoms with Crippen LogP contribution in [0.25, 0.3) is 0 Å². The highest BCUT2D eigenvalue weighted by Crippen LogP contribution is 2.28. The van der Waals surface area contributed by atoms with Crippen molar-refractivity contribution in [3.63, 3.8) is 0 Å². The highest BCUT2D eigenvalue weighted by molar-refractivity contribution is 7.92. The molecule has 0 saturated heterocycles. The van der Waals surface area contributed by atoms with Gasteiger partial charge in [0.2, 0.25) is 15.9 Å². The molecule has 0 radical (unpaired) electrons. The van der Waals surface area contributed by atoms with Crippen LogP contribution in [0.2, 0.25) is 0 Å². The number of hydrogen-bond donors (Lipinski definition) is 20. The number of nitrogens with one attached hydrogen (secondary N) is 7. The number of hydrogen-bond acceptors (Lipinski definition) is 26. The third kappa shape index (κ3) is 48.1. The monoisotopic (exact) mass is 1870 g/mol. The lowest BCUT2D eigenvalue weighted by atomic mass is 10.2. The number of rotatable bonds is 32. The van der Waals surface area contributed by atoms with Gasteiger partial charge in [-0.25, -0.2) is 30.0 Å². The standard InChI is InChI=1S/C12H12N2O2S.C12H18N2O.C11H19N3O2S.C10H12N2O4.C10H16N2O.C10H16N2.C8H12N2O4S2.2C6H8N2.3ClH/c13-11-8-4-5-9-12(11)14-17(15,16)10-6-2-1-3-7-10;1-4-14(5-2)12-9-7-6-8-11(12)13-10(3)15;1-3-14(9-8-13-17(2,15)16)11-7-5-4-6-10(11)12;13-9(14)5-11-7-3-1-2-4-8(7)12-6-10(15)16;1-2-12(7-8-13)10-6-4-3-5-9(10)11;1-3-12(4-2)10-8-6-5-7-9(10)11;11-15(12)5-9-7-3-1-2-4-8(7)10-6-16(13)14;2*7-5-3-1-2-4-6(5)8;;;/h1-9,14H,13H2;6-9H,4-5H2,1-3H3,(H,13,15);4-7,13H,3,8-9,12H2,1-2H3;1-4,11-12H,5-6H2,(H,13,14)(H,15,16);3-6,13H,2,7-8,11H2,1H3;5-8H,3-4,11H2,1-2H3;1-4,9-10H,5-6H2,(H,11,12)(H,13,14);2*1-4H,7-8H2;3*1H. The number of carbonyl (C=O) groups is 3. The van der Waals surface area contributed by atoms with Gasteiger partial charge in [0.15, 0.2) is 22.2 Å². The number of sulfonamides is 2. The number of benzene rings is 10. The van der Waals surface area contributed by atoms with E-state index in [1.807, 2.05) is 134 Å². The lowest BCUT2D eigenvalue weighted by Gasteiger charge is -2.24. The molecule has 10 aromatic rings. The summed E-state index contributed by atoms with van der Waals surface area (Å²) in [6, 6.07) is 74.2. The first kappa shape index (κ1) is 115. The summed E-state index contributed by atoms with van der Waals surface area (Å²) >= 11 is -3.87. The van der Waals surface area contributed by atoms with Gasteiger partial charge >= 0.3 is 11.9 Å². The van der Waals surface area contributed by atoms with E-state index in [2.05, 4.69) is 84.5 Å². The fraction of sp³-hybridized carbons (Fsp3) is 0.259. The molecule has 0 fully saturated rings. The van der Waals surface area contributed by atoms with Crippen LogP contribution in [-0.4, -0.2) is 164 Å². The number of nitrogen functional groups attached to an aromatic ring is 8. The van der Waals surface area contributed by atoms with Crippen molar-refractivity contribution >= 4 is 200 Å². The van der Waals surface area contributed by atoms with Crippen molar-refractivity contribution in [2.45, 2.75) is 53.4 Å². The Labute approximate surface area is 758 Å². The number of aliphatic hydroxyl groups is 1. The molecule has 0 aliphatic carbocycles. The molecule has 2 atom stereocenters. The van der Waals surface area contributed by atoms with Gasteiger partial charge in [0.05, 0.1) is 120 Å². The van der Waals surface area contributed by atoms with E-state index in [0.717, 1.165) is 85.3 Å². The van der Waals surface area contributed by atoms with Gasteiger partial charge in [0, 0.05) is 65.8 Å². The van der Waals surface area contributed by atoms with Gasteiger partial charge in [-0.2, -0.15) is 0 Å². The van der Waals surface area contributed by atoms with Gasteiger partial charge in [-0.1, -0.05) is 127 Å². The molecule has 0 heterocycles. The number of nitrogens with zero attached hydrogens (tertiary/aromatic N) is 4. The molecule has 0 spiro atoms. The van der Waals surface area contributed by atoms with Crippen molar-refractivity contribution in [3.05, 3.63) is 249 Å². The zero-order valence-electron chi connectivity index (χ0n) is 71.2. The number of aliphatic carboxylic acids is 2. The number of carbonyl (C=O) groups excluding carboxylic acids is 1. The molecule has 0 aliphatic heterocycles. The van der Waals surface area contributed by atoms with E-state index in [1.54, 1.807) is 115 Å². The fourth-order valence-electron chi connectivity index (χ4n) is 10.5. The number of aliphatic hydroxyl groups excluding tert-OH is 1. The molecule has 40 heteroatoms. The normalized spacial score (nSPS) is 10.4. The second-order valence-corrected chi connectivity index (χ2v) is 30.8. The molecular weight excluding hydrogens is 1750 g/mol. The SMILES string of the molecule is CCN(CC)c1ccccc1N.CCN(CC)c1ccccc1NC(C)=O.CCN(CCNS(C)(=O)=O)c1ccccc1N.CCN(CCO)c1ccccc1N.Cl.Cl.Cl.Nc1ccccc1N.Nc1ccccc1N.Nc1ccccc1NS(=O)(=O)c1ccccc1.O=C(O)CNc1ccccc1NCC(=O)O.O=S(O)CNc1ccccc1NCS(=O)O. The molecule has 10 aromatic carbocycles. The predicted molar refractivity (Wildman–Crippen MR) is 530 cm³/mol. The minimum Gasteiger partial charge on any atom is -0.480 e. The minimum absolute atomic E-state index is 0. The van der Waals surface area contributed by atoms with Gasteiger partial charge in [0.1, 0.15) is 24.8 Å². The highest BCUT2D eigenvalue weighted by Gasteiger charge is 2.16. The van der Waals surface area contributed by atoms with Gasteiger partial charge in [-0.3, -0.25) is 19.1 Å². The maximum absolute atomic E-state index is 12.0. The summed E-state index contributed by atoms with van der Waals surface area (Å²) in [7, 11) is -6.69. The van der Waals surface area contributed by atoms with Crippen LogP contribution in [0.4, 0.5) is 102 Å². The average Bonchev–Trinajstić information content (AvgIpc) is 0.824. The number of amides is 1. The molecule has 1 amide bonds. The molecule has 0 aromatic heterocycles. The number of carboxylic acids is 2. The van der Waals surface area contributed by atoms with E-state index in [4.69, 9.17) is 70.3 Å². The largest absolute Gasteiger partial charge is 0.480 e. The first-order valence-corrected chi connectivity index (χ1v) is 44.3.